The van der Waals surface area contributed by atoms with E-state index >= 15 is 0 Å². The maximum absolute atomic E-state index is 12.7. The fourth-order valence-electron chi connectivity index (χ4n) is 2.88. The molecule has 3 aromatic rings. The Morgan fingerprint density at radius 1 is 0.875 bits per heavy atom. The summed E-state index contributed by atoms with van der Waals surface area (Å²) in [5.41, 5.74) is 7.37. The summed E-state index contributed by atoms with van der Waals surface area (Å²) in [7, 11) is 0. The second kappa shape index (κ2) is 12.0. The van der Waals surface area contributed by atoms with Crippen molar-refractivity contribution in [2.24, 2.45) is 0 Å². The van der Waals surface area contributed by atoms with Crippen molar-refractivity contribution in [1.29, 1.82) is 0 Å². The van der Waals surface area contributed by atoms with Crippen molar-refractivity contribution >= 4 is 45.1 Å². The van der Waals surface area contributed by atoms with Gasteiger partial charge in [-0.1, -0.05) is 76.6 Å². The van der Waals surface area contributed by atoms with E-state index in [-0.39, 0.29) is 17.4 Å². The van der Waals surface area contributed by atoms with Crippen molar-refractivity contribution in [3.63, 3.8) is 0 Å². The monoisotopic (exact) mass is 511 g/mol. The zero-order chi connectivity index (χ0) is 22.8. The number of thiocarbonyl (C=S) groups is 1. The van der Waals surface area contributed by atoms with Crippen LogP contribution in [0.5, 0.6) is 5.75 Å². The molecule has 8 heteroatoms. The van der Waals surface area contributed by atoms with Crippen LogP contribution in [0.25, 0.3) is 0 Å². The van der Waals surface area contributed by atoms with Gasteiger partial charge in [0.05, 0.1) is 18.6 Å². The third kappa shape index (κ3) is 7.47. The smallest absolute Gasteiger partial charge is 0.261 e. The van der Waals surface area contributed by atoms with E-state index in [0.29, 0.717) is 24.3 Å². The SMILES string of the molecule is O=C(Cc1ccccc1)NNC(=S)NC(=O)c1cc(Br)ccc1OCCc1ccccc1. The van der Waals surface area contributed by atoms with E-state index in [0.717, 1.165) is 15.6 Å². The van der Waals surface area contributed by atoms with Crippen molar-refractivity contribution in [2.75, 3.05) is 6.61 Å². The Bertz CT molecular complexity index is 1080. The van der Waals surface area contributed by atoms with E-state index in [4.69, 9.17) is 17.0 Å². The van der Waals surface area contributed by atoms with Gasteiger partial charge in [0, 0.05) is 10.9 Å². The van der Waals surface area contributed by atoms with E-state index in [1.807, 2.05) is 60.7 Å². The van der Waals surface area contributed by atoms with Crippen molar-refractivity contribution in [3.05, 3.63) is 100 Å². The maximum Gasteiger partial charge on any atom is 0.261 e. The Hall–Kier alpha value is -3.23. The molecule has 3 N–H and O–H groups in total. The minimum Gasteiger partial charge on any atom is -0.492 e. The maximum atomic E-state index is 12.7. The topological polar surface area (TPSA) is 79.5 Å². The van der Waals surface area contributed by atoms with Crippen LogP contribution in [0.1, 0.15) is 21.5 Å². The van der Waals surface area contributed by atoms with E-state index in [1.54, 1.807) is 18.2 Å². The molecule has 6 nitrogen and oxygen atoms in total. The molecular weight excluding hydrogens is 490 g/mol. The third-order valence-electron chi connectivity index (χ3n) is 4.43. The standard InChI is InChI=1S/C24H22BrN3O3S/c25-19-11-12-21(31-14-13-17-7-3-1-4-8-17)20(16-19)23(30)26-24(32)28-27-22(29)15-18-9-5-2-6-10-18/h1-12,16H,13-15H2,(H,27,29)(H2,26,28,30,32). The molecule has 32 heavy (non-hydrogen) atoms. The number of rotatable bonds is 7. The van der Waals surface area contributed by atoms with Gasteiger partial charge in [0.2, 0.25) is 5.91 Å². The van der Waals surface area contributed by atoms with Gasteiger partial charge < -0.3 is 4.74 Å². The number of hydrazine groups is 1. The number of hydrogen-bond donors (Lipinski definition) is 3. The average Bonchev–Trinajstić information content (AvgIpc) is 2.80. The predicted molar refractivity (Wildman–Crippen MR) is 131 cm³/mol. The summed E-state index contributed by atoms with van der Waals surface area (Å²) in [6.07, 6.45) is 0.904. The number of carbonyl (C=O) groups excluding carboxylic acids is 2. The van der Waals surface area contributed by atoms with Gasteiger partial charge in [-0.3, -0.25) is 25.8 Å². The lowest BCUT2D eigenvalue weighted by atomic mass is 10.1. The number of carbonyl (C=O) groups is 2. The largest absolute Gasteiger partial charge is 0.492 e. The van der Waals surface area contributed by atoms with Crippen LogP contribution in [-0.2, 0) is 17.6 Å². The highest BCUT2D eigenvalue weighted by molar-refractivity contribution is 9.10. The first-order chi connectivity index (χ1) is 15.5. The Labute approximate surface area is 200 Å². The molecule has 0 fully saturated rings. The number of amides is 2. The first-order valence-corrected chi connectivity index (χ1v) is 11.1. The molecule has 0 aromatic heterocycles. The van der Waals surface area contributed by atoms with E-state index in [2.05, 4.69) is 32.1 Å². The molecule has 164 valence electrons. The Morgan fingerprint density at radius 3 is 2.22 bits per heavy atom. The van der Waals surface area contributed by atoms with Gasteiger partial charge in [0.25, 0.3) is 5.91 Å². The van der Waals surface area contributed by atoms with Crippen molar-refractivity contribution in [1.82, 2.24) is 16.2 Å². The van der Waals surface area contributed by atoms with Crippen LogP contribution >= 0.6 is 28.1 Å². The first-order valence-electron chi connectivity index (χ1n) is 9.91. The molecule has 0 heterocycles. The fraction of sp³-hybridized carbons (Fsp3) is 0.125. The Kier molecular flexibility index (Phi) is 8.77. The summed E-state index contributed by atoms with van der Waals surface area (Å²) in [4.78, 5) is 24.8. The van der Waals surface area contributed by atoms with Gasteiger partial charge >= 0.3 is 0 Å². The second-order valence-corrected chi connectivity index (χ2v) is 8.17. The molecule has 0 aliphatic carbocycles. The van der Waals surface area contributed by atoms with Gasteiger partial charge in [-0.2, -0.15) is 0 Å². The average molecular weight is 512 g/mol. The Morgan fingerprint density at radius 2 is 1.53 bits per heavy atom. The van der Waals surface area contributed by atoms with E-state index in [9.17, 15) is 9.59 Å². The molecule has 3 rings (SSSR count). The van der Waals surface area contributed by atoms with Crippen LogP contribution in [0, 0.1) is 0 Å². The van der Waals surface area contributed by atoms with Crippen LogP contribution < -0.4 is 20.9 Å². The highest BCUT2D eigenvalue weighted by atomic mass is 79.9. The zero-order valence-corrected chi connectivity index (χ0v) is 19.5. The lowest BCUT2D eigenvalue weighted by Gasteiger charge is -2.14. The zero-order valence-electron chi connectivity index (χ0n) is 17.1. The van der Waals surface area contributed by atoms with Crippen LogP contribution in [0.15, 0.2) is 83.3 Å². The van der Waals surface area contributed by atoms with Crippen molar-refractivity contribution in [3.8, 4) is 5.75 Å². The summed E-state index contributed by atoms with van der Waals surface area (Å²) in [6.45, 7) is 0.421. The summed E-state index contributed by atoms with van der Waals surface area (Å²) >= 11 is 8.51. The minimum atomic E-state index is -0.448. The van der Waals surface area contributed by atoms with Crippen molar-refractivity contribution < 1.29 is 14.3 Å². The van der Waals surface area contributed by atoms with Crippen LogP contribution in [0.3, 0.4) is 0 Å². The molecule has 0 aliphatic heterocycles. The summed E-state index contributed by atoms with van der Waals surface area (Å²) in [6, 6.07) is 24.4. The number of hydrogen-bond acceptors (Lipinski definition) is 4. The molecule has 0 aliphatic rings. The number of nitrogens with one attached hydrogen (secondary N) is 3. The highest BCUT2D eigenvalue weighted by Crippen LogP contribution is 2.23. The third-order valence-corrected chi connectivity index (χ3v) is 5.12. The normalized spacial score (nSPS) is 10.2. The van der Waals surface area contributed by atoms with Gasteiger partial charge in [0.1, 0.15) is 5.75 Å². The summed E-state index contributed by atoms with van der Waals surface area (Å²) < 4.78 is 6.58. The molecule has 0 unspecified atom stereocenters. The Balaban J connectivity index is 1.52. The lowest BCUT2D eigenvalue weighted by Crippen LogP contribution is -2.48. The second-order valence-electron chi connectivity index (χ2n) is 6.84. The van der Waals surface area contributed by atoms with Gasteiger partial charge in [-0.25, -0.2) is 0 Å². The summed E-state index contributed by atoms with van der Waals surface area (Å²) in [5.74, 6) is -0.284. The van der Waals surface area contributed by atoms with Gasteiger partial charge in [0.15, 0.2) is 5.11 Å². The number of ether oxygens (including phenoxy) is 1. The minimum absolute atomic E-state index is 0.0216. The van der Waals surface area contributed by atoms with E-state index in [1.165, 1.54) is 0 Å². The quantitative estimate of drug-likeness (QED) is 0.330. The first kappa shape index (κ1) is 23.4. The number of benzene rings is 3. The summed E-state index contributed by atoms with van der Waals surface area (Å²) in [5, 5.41) is 2.54. The molecule has 0 spiro atoms. The molecule has 0 atom stereocenters. The molecule has 2 amide bonds. The molecule has 0 saturated carbocycles. The van der Waals surface area contributed by atoms with Crippen LogP contribution in [-0.4, -0.2) is 23.5 Å². The molecular formula is C24H22BrN3O3S. The van der Waals surface area contributed by atoms with Gasteiger partial charge in [-0.05, 0) is 41.5 Å². The van der Waals surface area contributed by atoms with E-state index < -0.39 is 5.91 Å². The molecule has 3 aromatic carbocycles. The predicted octanol–water partition coefficient (Wildman–Crippen LogP) is 3.95. The van der Waals surface area contributed by atoms with Crippen LogP contribution in [0.4, 0.5) is 0 Å². The molecule has 0 bridgehead atoms. The molecule has 0 saturated heterocycles. The van der Waals surface area contributed by atoms with Crippen LogP contribution in [0.2, 0.25) is 0 Å². The highest BCUT2D eigenvalue weighted by Gasteiger charge is 2.15. The van der Waals surface area contributed by atoms with Gasteiger partial charge in [-0.15, -0.1) is 0 Å². The fourth-order valence-corrected chi connectivity index (χ4v) is 3.39. The number of halogens is 1. The molecule has 0 radical (unpaired) electrons. The lowest BCUT2D eigenvalue weighted by molar-refractivity contribution is -0.121. The van der Waals surface area contributed by atoms with Crippen molar-refractivity contribution in [2.45, 2.75) is 12.8 Å².